The van der Waals surface area contributed by atoms with Crippen LogP contribution in [0, 0.1) is 0 Å². The maximum Gasteiger partial charge on any atom is 0.335 e. The minimum absolute atomic E-state index is 0.0475. The topological polar surface area (TPSA) is 77.0 Å². The van der Waals surface area contributed by atoms with E-state index in [2.05, 4.69) is 14.8 Å². The number of hydrogen-bond donors (Lipinski definition) is 1. The molecule has 1 amide bonds. The standard InChI is InChI=1S/C21H24N4O3/c1-23-11-12-25(17-7-5-15(6-8-17)21(27)28)19-18(23)13-16(14-22-19)20(26)24-9-3-2-4-10-24/h5-8,13-14H,2-4,9-12H2,1H3,(H,27,28). The van der Waals surface area contributed by atoms with Gasteiger partial charge in [0.15, 0.2) is 5.82 Å². The summed E-state index contributed by atoms with van der Waals surface area (Å²) in [6.07, 6.45) is 4.96. The molecule has 7 nitrogen and oxygen atoms in total. The number of carboxylic acid groups (broad SMARTS) is 1. The fourth-order valence-electron chi connectivity index (χ4n) is 3.84. The summed E-state index contributed by atoms with van der Waals surface area (Å²) in [4.78, 5) is 34.6. The smallest absolute Gasteiger partial charge is 0.335 e. The molecule has 146 valence electrons. The first-order valence-electron chi connectivity index (χ1n) is 9.66. The lowest BCUT2D eigenvalue weighted by molar-refractivity contribution is 0.0694. The van der Waals surface area contributed by atoms with Crippen molar-refractivity contribution >= 4 is 29.1 Å². The molecule has 0 bridgehead atoms. The van der Waals surface area contributed by atoms with Gasteiger partial charge in [-0.1, -0.05) is 0 Å². The van der Waals surface area contributed by atoms with E-state index in [9.17, 15) is 9.59 Å². The van der Waals surface area contributed by atoms with Crippen LogP contribution in [-0.4, -0.2) is 60.1 Å². The molecule has 0 atom stereocenters. The molecule has 2 aliphatic heterocycles. The minimum Gasteiger partial charge on any atom is -0.478 e. The summed E-state index contributed by atoms with van der Waals surface area (Å²) in [6.45, 7) is 3.15. The predicted molar refractivity (Wildman–Crippen MR) is 108 cm³/mol. The number of benzene rings is 1. The van der Waals surface area contributed by atoms with E-state index in [1.807, 2.05) is 18.0 Å². The number of likely N-dealkylation sites (N-methyl/N-ethyl adjacent to an activating group) is 1. The molecular formula is C21H24N4O3. The van der Waals surface area contributed by atoms with Crippen molar-refractivity contribution in [1.82, 2.24) is 9.88 Å². The Labute approximate surface area is 164 Å². The van der Waals surface area contributed by atoms with Crippen molar-refractivity contribution in [2.75, 3.05) is 43.0 Å². The molecule has 2 aromatic rings. The summed E-state index contributed by atoms with van der Waals surface area (Å²) in [5, 5.41) is 9.10. The predicted octanol–water partition coefficient (Wildman–Crippen LogP) is 2.99. The second-order valence-corrected chi connectivity index (χ2v) is 7.34. The van der Waals surface area contributed by atoms with Gasteiger partial charge in [-0.15, -0.1) is 0 Å². The summed E-state index contributed by atoms with van der Waals surface area (Å²) in [7, 11) is 2.00. The second kappa shape index (κ2) is 7.50. The van der Waals surface area contributed by atoms with Crippen molar-refractivity contribution < 1.29 is 14.7 Å². The van der Waals surface area contributed by atoms with E-state index in [0.29, 0.717) is 5.56 Å². The van der Waals surface area contributed by atoms with Gasteiger partial charge in [0.1, 0.15) is 0 Å². The Morgan fingerprint density at radius 1 is 0.964 bits per heavy atom. The quantitative estimate of drug-likeness (QED) is 0.882. The zero-order chi connectivity index (χ0) is 19.7. The van der Waals surface area contributed by atoms with E-state index in [-0.39, 0.29) is 11.5 Å². The number of aromatic carboxylic acids is 1. The number of nitrogens with zero attached hydrogens (tertiary/aromatic N) is 4. The number of carbonyl (C=O) groups excluding carboxylic acids is 1. The number of rotatable bonds is 3. The van der Waals surface area contributed by atoms with E-state index in [0.717, 1.165) is 56.2 Å². The number of amides is 1. The zero-order valence-electron chi connectivity index (χ0n) is 16.0. The zero-order valence-corrected chi connectivity index (χ0v) is 16.0. The van der Waals surface area contributed by atoms with Gasteiger partial charge in [0.25, 0.3) is 5.91 Å². The fourth-order valence-corrected chi connectivity index (χ4v) is 3.84. The molecule has 0 saturated carbocycles. The Bertz CT molecular complexity index is 891. The van der Waals surface area contributed by atoms with Crippen LogP contribution < -0.4 is 9.80 Å². The van der Waals surface area contributed by atoms with E-state index < -0.39 is 5.97 Å². The number of pyridine rings is 1. The van der Waals surface area contributed by atoms with Crippen LogP contribution in [0.4, 0.5) is 17.2 Å². The van der Waals surface area contributed by atoms with Gasteiger partial charge in [0.2, 0.25) is 0 Å². The largest absolute Gasteiger partial charge is 0.478 e. The number of piperidine rings is 1. The molecular weight excluding hydrogens is 356 g/mol. The lowest BCUT2D eigenvalue weighted by atomic mass is 10.1. The maximum absolute atomic E-state index is 12.8. The second-order valence-electron chi connectivity index (χ2n) is 7.34. The highest BCUT2D eigenvalue weighted by Crippen LogP contribution is 2.36. The van der Waals surface area contributed by atoms with Crippen LogP contribution >= 0.6 is 0 Å². The van der Waals surface area contributed by atoms with Gasteiger partial charge in [0, 0.05) is 45.1 Å². The minimum atomic E-state index is -0.940. The van der Waals surface area contributed by atoms with Crippen LogP contribution in [0.1, 0.15) is 40.0 Å². The Kier molecular flexibility index (Phi) is 4.90. The molecule has 1 N–H and O–H groups in total. The first kappa shape index (κ1) is 18.3. The van der Waals surface area contributed by atoms with Gasteiger partial charge < -0.3 is 19.8 Å². The molecule has 0 unspecified atom stereocenters. The number of aromatic nitrogens is 1. The lowest BCUT2D eigenvalue weighted by Gasteiger charge is -2.36. The Balaban J connectivity index is 1.64. The number of carbonyl (C=O) groups is 2. The Morgan fingerprint density at radius 3 is 2.36 bits per heavy atom. The highest BCUT2D eigenvalue weighted by atomic mass is 16.4. The highest BCUT2D eigenvalue weighted by Gasteiger charge is 2.26. The number of anilines is 3. The Hall–Kier alpha value is -3.09. The molecule has 0 radical (unpaired) electrons. The summed E-state index contributed by atoms with van der Waals surface area (Å²) >= 11 is 0. The maximum atomic E-state index is 12.8. The van der Waals surface area contributed by atoms with Crippen molar-refractivity contribution in [2.45, 2.75) is 19.3 Å². The van der Waals surface area contributed by atoms with Gasteiger partial charge in [-0.25, -0.2) is 9.78 Å². The summed E-state index contributed by atoms with van der Waals surface area (Å²) in [5.41, 5.74) is 2.68. The third-order valence-electron chi connectivity index (χ3n) is 5.49. The van der Waals surface area contributed by atoms with Gasteiger partial charge in [-0.2, -0.15) is 0 Å². The normalized spacial score (nSPS) is 16.7. The molecule has 0 aliphatic carbocycles. The molecule has 2 aliphatic rings. The fraction of sp³-hybridized carbons (Fsp3) is 0.381. The van der Waals surface area contributed by atoms with Crippen molar-refractivity contribution in [2.24, 2.45) is 0 Å². The molecule has 1 aromatic carbocycles. The molecule has 7 heteroatoms. The van der Waals surface area contributed by atoms with E-state index in [1.54, 1.807) is 30.5 Å². The first-order chi connectivity index (χ1) is 13.5. The molecule has 1 aromatic heterocycles. The molecule has 1 fully saturated rings. The van der Waals surface area contributed by atoms with E-state index >= 15 is 0 Å². The molecule has 0 spiro atoms. The van der Waals surface area contributed by atoms with Crippen LogP contribution in [0.25, 0.3) is 0 Å². The van der Waals surface area contributed by atoms with Crippen molar-refractivity contribution in [3.63, 3.8) is 0 Å². The van der Waals surface area contributed by atoms with Crippen molar-refractivity contribution in [1.29, 1.82) is 0 Å². The average Bonchev–Trinajstić information content (AvgIpc) is 2.74. The van der Waals surface area contributed by atoms with Crippen molar-refractivity contribution in [3.05, 3.63) is 47.7 Å². The summed E-state index contributed by atoms with van der Waals surface area (Å²) in [5.74, 6) is -0.109. The van der Waals surface area contributed by atoms with Crippen LogP contribution in [0.2, 0.25) is 0 Å². The summed E-state index contributed by atoms with van der Waals surface area (Å²) < 4.78 is 0. The number of carboxylic acids is 1. The van der Waals surface area contributed by atoms with Gasteiger partial charge in [0.05, 0.1) is 16.8 Å². The van der Waals surface area contributed by atoms with Crippen molar-refractivity contribution in [3.8, 4) is 0 Å². The molecule has 28 heavy (non-hydrogen) atoms. The van der Waals surface area contributed by atoms with E-state index in [4.69, 9.17) is 5.11 Å². The monoisotopic (exact) mass is 380 g/mol. The third-order valence-corrected chi connectivity index (χ3v) is 5.49. The van der Waals surface area contributed by atoms with Gasteiger partial charge in [-0.3, -0.25) is 4.79 Å². The van der Waals surface area contributed by atoms with E-state index in [1.165, 1.54) is 6.42 Å². The SMILES string of the molecule is CN1CCN(c2ccc(C(=O)O)cc2)c2ncc(C(=O)N3CCCCC3)cc21. The van der Waals surface area contributed by atoms with Crippen LogP contribution in [0.5, 0.6) is 0 Å². The lowest BCUT2D eigenvalue weighted by Crippen LogP contribution is -2.38. The highest BCUT2D eigenvalue weighted by molar-refractivity contribution is 5.96. The van der Waals surface area contributed by atoms with Crippen LogP contribution in [0.15, 0.2) is 36.5 Å². The number of likely N-dealkylation sites (tertiary alicyclic amines) is 1. The first-order valence-corrected chi connectivity index (χ1v) is 9.66. The average molecular weight is 380 g/mol. The molecule has 4 rings (SSSR count). The molecule has 1 saturated heterocycles. The van der Waals surface area contributed by atoms with Crippen LogP contribution in [0.3, 0.4) is 0 Å². The van der Waals surface area contributed by atoms with Gasteiger partial charge >= 0.3 is 5.97 Å². The van der Waals surface area contributed by atoms with Gasteiger partial charge in [-0.05, 0) is 49.6 Å². The third kappa shape index (κ3) is 3.40. The number of hydrogen-bond acceptors (Lipinski definition) is 5. The van der Waals surface area contributed by atoms with Crippen LogP contribution in [-0.2, 0) is 0 Å². The Morgan fingerprint density at radius 2 is 1.68 bits per heavy atom. The molecule has 3 heterocycles. The number of fused-ring (bicyclic) bond motifs is 1. The summed E-state index contributed by atoms with van der Waals surface area (Å²) in [6, 6.07) is 8.73.